The standard InChI is InChI=1S/C25H21F3N6O3S/c1-37-19-12-29-18(22(27)28)9-15(19)14-10-20(34-8-2-3-17(26)24(34)36)30-11-16(14)23(35)31-25-33-32-21(38-25)7-6-13-4-5-13/h2-3,8-13,21-22,25,32-33H,4-5H2,1H3,(H,31,35). The van der Waals surface area contributed by atoms with Crippen LogP contribution in [0.3, 0.4) is 0 Å². The van der Waals surface area contributed by atoms with E-state index in [-0.39, 0.29) is 33.6 Å². The average Bonchev–Trinajstić information content (AvgIpc) is 3.65. The Morgan fingerprint density at radius 1 is 1.21 bits per heavy atom. The molecule has 1 amide bonds. The number of halogens is 3. The van der Waals surface area contributed by atoms with Gasteiger partial charge in [-0.15, -0.1) is 0 Å². The molecule has 3 N–H and O–H groups in total. The van der Waals surface area contributed by atoms with Gasteiger partial charge >= 0.3 is 0 Å². The van der Waals surface area contributed by atoms with Gasteiger partial charge in [-0.05, 0) is 37.1 Å². The number of carbonyl (C=O) groups is 1. The summed E-state index contributed by atoms with van der Waals surface area (Å²) in [6, 6.07) is 4.76. The molecule has 5 rings (SSSR count). The maximum absolute atomic E-state index is 14.0. The summed E-state index contributed by atoms with van der Waals surface area (Å²) in [5.74, 6) is 5.20. The molecule has 2 fully saturated rings. The number of hydrogen-bond donors (Lipinski definition) is 3. The van der Waals surface area contributed by atoms with E-state index >= 15 is 0 Å². The van der Waals surface area contributed by atoms with Gasteiger partial charge in [-0.2, -0.15) is 0 Å². The second-order valence-corrected chi connectivity index (χ2v) is 9.67. The largest absolute Gasteiger partial charge is 0.494 e. The van der Waals surface area contributed by atoms with Crippen molar-refractivity contribution in [1.29, 1.82) is 0 Å². The number of thioether (sulfide) groups is 1. The lowest BCUT2D eigenvalue weighted by molar-refractivity contribution is 0.0945. The predicted octanol–water partition coefficient (Wildman–Crippen LogP) is 2.97. The molecule has 2 unspecified atom stereocenters. The lowest BCUT2D eigenvalue weighted by Crippen LogP contribution is -2.43. The van der Waals surface area contributed by atoms with Crippen molar-refractivity contribution in [1.82, 2.24) is 30.7 Å². The molecule has 0 radical (unpaired) electrons. The van der Waals surface area contributed by atoms with Crippen molar-refractivity contribution >= 4 is 17.7 Å². The van der Waals surface area contributed by atoms with Gasteiger partial charge in [-0.1, -0.05) is 23.6 Å². The second-order valence-electron chi connectivity index (χ2n) is 8.45. The molecule has 1 saturated heterocycles. The van der Waals surface area contributed by atoms with E-state index in [9.17, 15) is 22.8 Å². The highest BCUT2D eigenvalue weighted by molar-refractivity contribution is 8.00. The maximum Gasteiger partial charge on any atom is 0.292 e. The third kappa shape index (κ3) is 5.52. The van der Waals surface area contributed by atoms with Crippen LogP contribution in [0.25, 0.3) is 16.9 Å². The van der Waals surface area contributed by atoms with Crippen LogP contribution in [0.2, 0.25) is 0 Å². The van der Waals surface area contributed by atoms with Gasteiger partial charge in [0.1, 0.15) is 28.1 Å². The third-order valence-corrected chi connectivity index (χ3v) is 6.80. The molecule has 3 aromatic rings. The van der Waals surface area contributed by atoms with E-state index in [1.165, 1.54) is 43.4 Å². The number of aromatic nitrogens is 3. The molecule has 0 bridgehead atoms. The fourth-order valence-electron chi connectivity index (χ4n) is 3.69. The Kier molecular flexibility index (Phi) is 7.37. The highest BCUT2D eigenvalue weighted by Gasteiger charge is 2.28. The number of nitrogens with one attached hydrogen (secondary N) is 3. The van der Waals surface area contributed by atoms with Gasteiger partial charge in [-0.3, -0.25) is 19.1 Å². The van der Waals surface area contributed by atoms with E-state index in [1.807, 2.05) is 0 Å². The summed E-state index contributed by atoms with van der Waals surface area (Å²) in [7, 11) is 1.33. The molecular formula is C25H21F3N6O3S. The van der Waals surface area contributed by atoms with E-state index in [4.69, 9.17) is 4.74 Å². The molecular weight excluding hydrogens is 521 g/mol. The Hall–Kier alpha value is -3.86. The molecule has 1 aliphatic carbocycles. The Balaban J connectivity index is 1.53. The lowest BCUT2D eigenvalue weighted by atomic mass is 10.00. The molecule has 1 saturated carbocycles. The van der Waals surface area contributed by atoms with E-state index in [2.05, 4.69) is 38.0 Å². The van der Waals surface area contributed by atoms with Crippen LogP contribution in [0, 0.1) is 23.6 Å². The zero-order valence-electron chi connectivity index (χ0n) is 19.9. The fraction of sp³-hybridized carbons (Fsp3) is 0.280. The SMILES string of the molecule is COc1cnc(C(F)F)cc1-c1cc(-n2cccc(F)c2=O)ncc1C(=O)NC1NNC(C#CC2CC2)S1. The first-order chi connectivity index (χ1) is 18.3. The first-order valence-electron chi connectivity index (χ1n) is 11.5. The van der Waals surface area contributed by atoms with Crippen LogP contribution in [-0.2, 0) is 0 Å². The summed E-state index contributed by atoms with van der Waals surface area (Å²) in [6.07, 6.45) is 2.92. The van der Waals surface area contributed by atoms with Gasteiger partial charge in [0.15, 0.2) is 5.82 Å². The van der Waals surface area contributed by atoms with Gasteiger partial charge in [0.25, 0.3) is 17.9 Å². The van der Waals surface area contributed by atoms with E-state index in [1.54, 1.807) is 0 Å². The molecule has 9 nitrogen and oxygen atoms in total. The molecule has 196 valence electrons. The number of methoxy groups -OCH3 is 1. The van der Waals surface area contributed by atoms with Gasteiger partial charge in [-0.25, -0.2) is 29.0 Å². The van der Waals surface area contributed by atoms with Crippen LogP contribution in [0.4, 0.5) is 13.2 Å². The fourth-order valence-corrected chi connectivity index (χ4v) is 4.55. The van der Waals surface area contributed by atoms with Gasteiger partial charge in [0.2, 0.25) is 0 Å². The molecule has 0 spiro atoms. The third-order valence-electron chi connectivity index (χ3n) is 5.78. The minimum absolute atomic E-state index is 0.0119. The van der Waals surface area contributed by atoms with E-state index < -0.39 is 34.9 Å². The number of alkyl halides is 2. The summed E-state index contributed by atoms with van der Waals surface area (Å²) < 4.78 is 47.3. The number of carbonyl (C=O) groups excluding carboxylic acids is 1. The monoisotopic (exact) mass is 542 g/mol. The first kappa shape index (κ1) is 25.8. The number of hydrogen-bond acceptors (Lipinski definition) is 8. The number of amides is 1. The van der Waals surface area contributed by atoms with Crippen molar-refractivity contribution in [3.63, 3.8) is 0 Å². The number of pyridine rings is 3. The lowest BCUT2D eigenvalue weighted by Gasteiger charge is -2.17. The predicted molar refractivity (Wildman–Crippen MR) is 134 cm³/mol. The van der Waals surface area contributed by atoms with Crippen molar-refractivity contribution in [3.8, 4) is 34.5 Å². The number of hydrazine groups is 1. The number of nitrogens with zero attached hydrogens (tertiary/aromatic N) is 3. The van der Waals surface area contributed by atoms with Crippen molar-refractivity contribution in [2.45, 2.75) is 30.1 Å². The van der Waals surface area contributed by atoms with Crippen molar-refractivity contribution in [2.24, 2.45) is 5.92 Å². The Labute approximate surface area is 219 Å². The molecule has 38 heavy (non-hydrogen) atoms. The summed E-state index contributed by atoms with van der Waals surface area (Å²) in [6.45, 7) is 0. The Morgan fingerprint density at radius 2 is 2.03 bits per heavy atom. The number of ether oxygens (including phenoxy) is 1. The molecule has 13 heteroatoms. The van der Waals surface area contributed by atoms with Crippen LogP contribution in [0.1, 0.15) is 35.3 Å². The van der Waals surface area contributed by atoms with Crippen molar-refractivity contribution < 1.29 is 22.7 Å². The number of rotatable bonds is 6. The molecule has 2 atom stereocenters. The Bertz CT molecular complexity index is 1500. The molecule has 3 aromatic heterocycles. The summed E-state index contributed by atoms with van der Waals surface area (Å²) in [5.41, 5.74) is 4.16. The van der Waals surface area contributed by atoms with Crippen LogP contribution < -0.4 is 26.5 Å². The zero-order chi connectivity index (χ0) is 26.8. The van der Waals surface area contributed by atoms with Crippen LogP contribution >= 0.6 is 11.8 Å². The maximum atomic E-state index is 14.0. The van der Waals surface area contributed by atoms with Gasteiger partial charge in [0, 0.05) is 29.4 Å². The minimum Gasteiger partial charge on any atom is -0.494 e. The quantitative estimate of drug-likeness (QED) is 0.408. The zero-order valence-corrected chi connectivity index (χ0v) is 20.7. The van der Waals surface area contributed by atoms with Crippen LogP contribution in [-0.4, -0.2) is 38.4 Å². The molecule has 1 aliphatic heterocycles. The highest BCUT2D eigenvalue weighted by atomic mass is 32.2. The smallest absolute Gasteiger partial charge is 0.292 e. The van der Waals surface area contributed by atoms with E-state index in [0.29, 0.717) is 5.92 Å². The summed E-state index contributed by atoms with van der Waals surface area (Å²) in [5, 5.41) is 2.58. The minimum atomic E-state index is -2.89. The van der Waals surface area contributed by atoms with Gasteiger partial charge < -0.3 is 10.1 Å². The van der Waals surface area contributed by atoms with Gasteiger partial charge in [0.05, 0.1) is 18.9 Å². The van der Waals surface area contributed by atoms with Crippen LogP contribution in [0.5, 0.6) is 5.75 Å². The van der Waals surface area contributed by atoms with Crippen LogP contribution in [0.15, 0.2) is 47.7 Å². The normalized spacial score (nSPS) is 18.7. The topological polar surface area (TPSA) is 110 Å². The Morgan fingerprint density at radius 3 is 2.76 bits per heavy atom. The summed E-state index contributed by atoms with van der Waals surface area (Å²) >= 11 is 1.35. The molecule has 0 aromatic carbocycles. The van der Waals surface area contributed by atoms with Crippen molar-refractivity contribution in [3.05, 3.63) is 70.3 Å². The average molecular weight is 543 g/mol. The highest BCUT2D eigenvalue weighted by Crippen LogP contribution is 2.35. The first-order valence-corrected chi connectivity index (χ1v) is 12.5. The summed E-state index contributed by atoms with van der Waals surface area (Å²) in [4.78, 5) is 33.6. The molecule has 2 aliphatic rings. The molecule has 4 heterocycles. The van der Waals surface area contributed by atoms with Crippen molar-refractivity contribution in [2.75, 3.05) is 7.11 Å². The second kappa shape index (κ2) is 10.9. The van der Waals surface area contributed by atoms with E-state index in [0.717, 1.165) is 35.7 Å².